The lowest BCUT2D eigenvalue weighted by Crippen LogP contribution is -2.47. The lowest BCUT2D eigenvalue weighted by molar-refractivity contribution is -0.181. The van der Waals surface area contributed by atoms with Crippen LogP contribution in [0.4, 0.5) is 0 Å². The Balaban J connectivity index is 1.66. The summed E-state index contributed by atoms with van der Waals surface area (Å²) in [6, 6.07) is 1.83. The summed E-state index contributed by atoms with van der Waals surface area (Å²) in [4.78, 5) is 14.2. The summed E-state index contributed by atoms with van der Waals surface area (Å²) in [6.45, 7) is 4.58. The van der Waals surface area contributed by atoms with Crippen molar-refractivity contribution < 1.29 is 14.3 Å². The largest absolute Gasteiger partial charge is 0.347 e. The number of aryl methyl sites for hydroxylation is 2. The number of carbonyl (C=O) groups excluding carboxylic acids is 1. The maximum atomic E-state index is 12.3. The van der Waals surface area contributed by atoms with Gasteiger partial charge < -0.3 is 14.4 Å². The van der Waals surface area contributed by atoms with E-state index in [2.05, 4.69) is 5.10 Å². The third kappa shape index (κ3) is 2.26. The second kappa shape index (κ2) is 4.61. The van der Waals surface area contributed by atoms with E-state index in [1.54, 1.807) is 4.68 Å². The van der Waals surface area contributed by atoms with Crippen LogP contribution in [-0.4, -0.2) is 52.7 Å². The van der Waals surface area contributed by atoms with Crippen LogP contribution in [0, 0.1) is 6.92 Å². The summed E-state index contributed by atoms with van der Waals surface area (Å²) in [7, 11) is 1.84. The molecule has 3 heterocycles. The molecule has 0 bridgehead atoms. The quantitative estimate of drug-likeness (QED) is 0.750. The van der Waals surface area contributed by atoms with Crippen molar-refractivity contribution in [2.24, 2.45) is 7.05 Å². The SMILES string of the molecule is Cc1cc(C(=O)N2CCC3(CC2)OCCO3)nn1C. The maximum absolute atomic E-state index is 12.3. The fourth-order valence-electron chi connectivity index (χ4n) is 2.66. The average molecular weight is 265 g/mol. The van der Waals surface area contributed by atoms with Crippen molar-refractivity contribution in [2.45, 2.75) is 25.6 Å². The van der Waals surface area contributed by atoms with E-state index in [0.717, 1.165) is 18.5 Å². The minimum Gasteiger partial charge on any atom is -0.347 e. The number of ether oxygens (including phenoxy) is 2. The van der Waals surface area contributed by atoms with E-state index in [4.69, 9.17) is 9.47 Å². The molecule has 6 heteroatoms. The average Bonchev–Trinajstić information content (AvgIpc) is 2.98. The first-order chi connectivity index (χ1) is 9.10. The lowest BCUT2D eigenvalue weighted by Gasteiger charge is -2.37. The third-order valence-corrected chi connectivity index (χ3v) is 3.96. The fourth-order valence-corrected chi connectivity index (χ4v) is 2.66. The van der Waals surface area contributed by atoms with Gasteiger partial charge in [0.05, 0.1) is 13.2 Å². The zero-order chi connectivity index (χ0) is 13.5. The van der Waals surface area contributed by atoms with Gasteiger partial charge in [-0.25, -0.2) is 0 Å². The highest BCUT2D eigenvalue weighted by Crippen LogP contribution is 2.31. The van der Waals surface area contributed by atoms with Crippen LogP contribution in [0.2, 0.25) is 0 Å². The van der Waals surface area contributed by atoms with Gasteiger partial charge in [0.15, 0.2) is 11.5 Å². The smallest absolute Gasteiger partial charge is 0.274 e. The van der Waals surface area contributed by atoms with E-state index in [1.165, 1.54) is 0 Å². The first-order valence-electron chi connectivity index (χ1n) is 6.67. The van der Waals surface area contributed by atoms with E-state index in [0.29, 0.717) is 32.0 Å². The van der Waals surface area contributed by atoms with Gasteiger partial charge in [-0.15, -0.1) is 0 Å². The first-order valence-corrected chi connectivity index (χ1v) is 6.67. The number of hydrogen-bond acceptors (Lipinski definition) is 4. The monoisotopic (exact) mass is 265 g/mol. The Morgan fingerprint density at radius 1 is 1.32 bits per heavy atom. The van der Waals surface area contributed by atoms with Crippen LogP contribution in [0.5, 0.6) is 0 Å². The number of piperidine rings is 1. The molecule has 2 fully saturated rings. The summed E-state index contributed by atoms with van der Waals surface area (Å²) in [5.41, 5.74) is 1.50. The van der Waals surface area contributed by atoms with Gasteiger partial charge in [-0.05, 0) is 13.0 Å². The molecule has 3 rings (SSSR count). The first kappa shape index (κ1) is 12.6. The van der Waals surface area contributed by atoms with Crippen molar-refractivity contribution in [1.29, 1.82) is 0 Å². The van der Waals surface area contributed by atoms with Crippen molar-refractivity contribution in [3.8, 4) is 0 Å². The second-order valence-electron chi connectivity index (χ2n) is 5.19. The molecule has 2 aliphatic rings. The molecule has 1 amide bonds. The van der Waals surface area contributed by atoms with Crippen LogP contribution < -0.4 is 0 Å². The molecule has 0 unspecified atom stereocenters. The number of amides is 1. The fraction of sp³-hybridized carbons (Fsp3) is 0.692. The minimum atomic E-state index is -0.434. The molecular formula is C13H19N3O3. The van der Waals surface area contributed by atoms with E-state index in [-0.39, 0.29) is 5.91 Å². The highest BCUT2D eigenvalue weighted by atomic mass is 16.7. The number of carbonyl (C=O) groups is 1. The molecule has 104 valence electrons. The molecule has 0 radical (unpaired) electrons. The molecule has 0 N–H and O–H groups in total. The molecule has 0 saturated carbocycles. The van der Waals surface area contributed by atoms with Crippen molar-refractivity contribution in [3.05, 3.63) is 17.5 Å². The summed E-state index contributed by atoms with van der Waals surface area (Å²) in [5.74, 6) is -0.437. The third-order valence-electron chi connectivity index (χ3n) is 3.96. The highest BCUT2D eigenvalue weighted by molar-refractivity contribution is 5.92. The van der Waals surface area contributed by atoms with Gasteiger partial charge in [0.2, 0.25) is 0 Å². The summed E-state index contributed by atoms with van der Waals surface area (Å²) >= 11 is 0. The van der Waals surface area contributed by atoms with E-state index in [1.807, 2.05) is 24.9 Å². The van der Waals surface area contributed by atoms with Gasteiger partial charge in [-0.3, -0.25) is 9.48 Å². The molecule has 0 aliphatic carbocycles. The normalized spacial score (nSPS) is 22.1. The summed E-state index contributed by atoms with van der Waals surface area (Å²) < 4.78 is 13.0. The van der Waals surface area contributed by atoms with Gasteiger partial charge in [0.1, 0.15) is 0 Å². The zero-order valence-electron chi connectivity index (χ0n) is 11.4. The topological polar surface area (TPSA) is 56.6 Å². The lowest BCUT2D eigenvalue weighted by atomic mass is 10.0. The Kier molecular flexibility index (Phi) is 3.06. The van der Waals surface area contributed by atoms with Crippen LogP contribution in [0.3, 0.4) is 0 Å². The van der Waals surface area contributed by atoms with E-state index >= 15 is 0 Å². The number of aromatic nitrogens is 2. The van der Waals surface area contributed by atoms with Crippen LogP contribution in [0.15, 0.2) is 6.07 Å². The van der Waals surface area contributed by atoms with Gasteiger partial charge in [-0.1, -0.05) is 0 Å². The van der Waals surface area contributed by atoms with Crippen LogP contribution in [-0.2, 0) is 16.5 Å². The van der Waals surface area contributed by atoms with Crippen LogP contribution >= 0.6 is 0 Å². The van der Waals surface area contributed by atoms with E-state index < -0.39 is 5.79 Å². The highest BCUT2D eigenvalue weighted by Gasteiger charge is 2.41. The number of rotatable bonds is 1. The number of hydrogen-bond donors (Lipinski definition) is 0. The van der Waals surface area contributed by atoms with Gasteiger partial charge in [-0.2, -0.15) is 5.10 Å². The Morgan fingerprint density at radius 3 is 2.47 bits per heavy atom. The predicted molar refractivity (Wildman–Crippen MR) is 67.7 cm³/mol. The van der Waals surface area contributed by atoms with Crippen molar-refractivity contribution >= 4 is 5.91 Å². The standard InChI is InChI=1S/C13H19N3O3/c1-10-9-11(14-15(10)2)12(17)16-5-3-13(4-6-16)18-7-8-19-13/h9H,3-8H2,1-2H3. The maximum Gasteiger partial charge on any atom is 0.274 e. The summed E-state index contributed by atoms with van der Waals surface area (Å²) in [6.07, 6.45) is 1.48. The van der Waals surface area contributed by atoms with Crippen LogP contribution in [0.1, 0.15) is 29.0 Å². The Morgan fingerprint density at radius 2 is 1.95 bits per heavy atom. The molecule has 0 atom stereocenters. The molecule has 1 aromatic rings. The molecule has 2 saturated heterocycles. The van der Waals surface area contributed by atoms with Gasteiger partial charge >= 0.3 is 0 Å². The predicted octanol–water partition coefficient (Wildman–Crippen LogP) is 0.708. The Hall–Kier alpha value is -1.40. The molecule has 1 aromatic heterocycles. The summed E-state index contributed by atoms with van der Waals surface area (Å²) in [5, 5.41) is 4.24. The molecule has 6 nitrogen and oxygen atoms in total. The molecule has 19 heavy (non-hydrogen) atoms. The Labute approximate surface area is 112 Å². The number of likely N-dealkylation sites (tertiary alicyclic amines) is 1. The minimum absolute atomic E-state index is 0.00320. The Bertz CT molecular complexity index is 462. The van der Waals surface area contributed by atoms with Crippen LogP contribution in [0.25, 0.3) is 0 Å². The molecule has 1 spiro atoms. The second-order valence-corrected chi connectivity index (χ2v) is 5.19. The number of nitrogens with zero attached hydrogens (tertiary/aromatic N) is 3. The van der Waals surface area contributed by atoms with Gasteiger partial charge in [0.25, 0.3) is 5.91 Å². The van der Waals surface area contributed by atoms with Gasteiger partial charge in [0, 0.05) is 38.7 Å². The molecular weight excluding hydrogens is 246 g/mol. The van der Waals surface area contributed by atoms with Crippen molar-refractivity contribution in [3.63, 3.8) is 0 Å². The zero-order valence-corrected chi connectivity index (χ0v) is 11.4. The van der Waals surface area contributed by atoms with Crippen molar-refractivity contribution in [2.75, 3.05) is 26.3 Å². The molecule has 2 aliphatic heterocycles. The molecule has 0 aromatic carbocycles. The van der Waals surface area contributed by atoms with Crippen molar-refractivity contribution in [1.82, 2.24) is 14.7 Å². The van der Waals surface area contributed by atoms with E-state index in [9.17, 15) is 4.79 Å².